The van der Waals surface area contributed by atoms with Crippen molar-refractivity contribution < 1.29 is 23.4 Å². The summed E-state index contributed by atoms with van der Waals surface area (Å²) >= 11 is 0. The van der Waals surface area contributed by atoms with Gasteiger partial charge in [0, 0.05) is 5.39 Å². The van der Waals surface area contributed by atoms with E-state index in [2.05, 4.69) is 16.4 Å². The minimum atomic E-state index is -0.459. The Bertz CT molecular complexity index is 1090. The molecule has 30 heavy (non-hydrogen) atoms. The van der Waals surface area contributed by atoms with Crippen LogP contribution < -0.4 is 19.6 Å². The number of carbonyl (C=O) groups excluding carboxylic acids is 1. The Morgan fingerprint density at radius 3 is 2.70 bits per heavy atom. The van der Waals surface area contributed by atoms with E-state index in [4.69, 9.17) is 25.1 Å². The zero-order valence-corrected chi connectivity index (χ0v) is 16.8. The maximum Gasteiger partial charge on any atom is 0.307 e. The first-order chi connectivity index (χ1) is 14.6. The summed E-state index contributed by atoms with van der Waals surface area (Å²) in [6, 6.07) is 12.3. The van der Waals surface area contributed by atoms with Crippen molar-refractivity contribution in [3.05, 3.63) is 53.8 Å². The lowest BCUT2D eigenvalue weighted by Crippen LogP contribution is -2.16. The van der Waals surface area contributed by atoms with E-state index in [1.807, 2.05) is 19.9 Å². The van der Waals surface area contributed by atoms with Crippen LogP contribution in [0.1, 0.15) is 30.0 Å². The molecule has 0 radical (unpaired) electrons. The molecule has 154 valence electrons. The third kappa shape index (κ3) is 5.11. The van der Waals surface area contributed by atoms with Gasteiger partial charge in [0.05, 0.1) is 19.4 Å². The zero-order chi connectivity index (χ0) is 21.3. The van der Waals surface area contributed by atoms with Crippen molar-refractivity contribution in [1.29, 1.82) is 0 Å². The van der Waals surface area contributed by atoms with E-state index in [1.165, 1.54) is 6.21 Å². The van der Waals surface area contributed by atoms with Crippen LogP contribution in [0.5, 0.6) is 17.2 Å². The highest BCUT2D eigenvalue weighted by Gasteiger charge is 2.12. The number of hydrazone groups is 1. The van der Waals surface area contributed by atoms with E-state index in [0.717, 1.165) is 16.7 Å². The first-order valence-corrected chi connectivity index (χ1v) is 9.47. The van der Waals surface area contributed by atoms with Gasteiger partial charge in [-0.2, -0.15) is 5.10 Å². The average Bonchev–Trinajstić information content (AvgIpc) is 3.17. The van der Waals surface area contributed by atoms with E-state index in [-0.39, 0.29) is 12.4 Å². The molecule has 3 aromatic rings. The van der Waals surface area contributed by atoms with Gasteiger partial charge in [0.2, 0.25) is 0 Å². The molecule has 0 saturated carbocycles. The number of fused-ring (bicyclic) bond motifs is 1. The number of hydrogen-bond acceptors (Lipinski definition) is 6. The predicted octanol–water partition coefficient (Wildman–Crippen LogP) is 4.01. The van der Waals surface area contributed by atoms with Gasteiger partial charge in [-0.25, -0.2) is 5.43 Å². The molecule has 0 bridgehead atoms. The number of amides is 1. The second-order valence-corrected chi connectivity index (χ2v) is 6.07. The normalized spacial score (nSPS) is 10.7. The molecule has 3 rings (SSSR count). The monoisotopic (exact) mass is 406 g/mol. The first kappa shape index (κ1) is 20.8. The fraction of sp³-hybridized carbons (Fsp3) is 0.217. The molecule has 1 heterocycles. The van der Waals surface area contributed by atoms with E-state index >= 15 is 0 Å². The van der Waals surface area contributed by atoms with Gasteiger partial charge < -0.3 is 18.6 Å². The fourth-order valence-corrected chi connectivity index (χ4v) is 2.72. The minimum Gasteiger partial charge on any atom is -0.494 e. The van der Waals surface area contributed by atoms with Gasteiger partial charge >= 0.3 is 5.91 Å². The molecule has 7 nitrogen and oxygen atoms in total. The van der Waals surface area contributed by atoms with Crippen molar-refractivity contribution >= 4 is 23.1 Å². The SMILES string of the molecule is C#CCOc1ccc(C=NNC(=O)c2cc3cc(OCC)ccc3o2)cc1OCC. The maximum atomic E-state index is 12.3. The number of carbonyl (C=O) groups is 1. The van der Waals surface area contributed by atoms with Crippen LogP contribution in [0.3, 0.4) is 0 Å². The van der Waals surface area contributed by atoms with Crippen molar-refractivity contribution in [2.24, 2.45) is 5.10 Å². The van der Waals surface area contributed by atoms with Gasteiger partial charge in [-0.1, -0.05) is 5.92 Å². The fourth-order valence-electron chi connectivity index (χ4n) is 2.72. The number of nitrogens with zero attached hydrogens (tertiary/aromatic N) is 1. The van der Waals surface area contributed by atoms with Crippen LogP contribution in [0, 0.1) is 12.3 Å². The third-order valence-electron chi connectivity index (χ3n) is 3.98. The summed E-state index contributed by atoms with van der Waals surface area (Å²) in [4.78, 5) is 12.3. The van der Waals surface area contributed by atoms with Gasteiger partial charge in [0.1, 0.15) is 17.9 Å². The summed E-state index contributed by atoms with van der Waals surface area (Å²) in [5, 5.41) is 4.77. The minimum absolute atomic E-state index is 0.146. The second-order valence-electron chi connectivity index (χ2n) is 6.07. The van der Waals surface area contributed by atoms with Gasteiger partial charge in [-0.15, -0.1) is 6.42 Å². The molecule has 0 fully saturated rings. The Balaban J connectivity index is 1.68. The number of rotatable bonds is 9. The van der Waals surface area contributed by atoms with Crippen molar-refractivity contribution in [1.82, 2.24) is 5.43 Å². The van der Waals surface area contributed by atoms with Crippen LogP contribution in [0.2, 0.25) is 0 Å². The lowest BCUT2D eigenvalue weighted by Gasteiger charge is -2.10. The van der Waals surface area contributed by atoms with Gasteiger partial charge in [-0.3, -0.25) is 4.79 Å². The number of terminal acetylenes is 1. The molecule has 1 amide bonds. The number of hydrogen-bond donors (Lipinski definition) is 1. The van der Waals surface area contributed by atoms with Crippen molar-refractivity contribution in [3.63, 3.8) is 0 Å². The van der Waals surface area contributed by atoms with E-state index in [1.54, 1.807) is 36.4 Å². The average molecular weight is 406 g/mol. The van der Waals surface area contributed by atoms with Gasteiger partial charge in [0.15, 0.2) is 17.3 Å². The molecule has 0 saturated heterocycles. The smallest absolute Gasteiger partial charge is 0.307 e. The zero-order valence-electron chi connectivity index (χ0n) is 16.8. The van der Waals surface area contributed by atoms with Crippen LogP contribution in [0.15, 0.2) is 52.0 Å². The highest BCUT2D eigenvalue weighted by atomic mass is 16.5. The largest absolute Gasteiger partial charge is 0.494 e. The molecule has 0 aliphatic heterocycles. The van der Waals surface area contributed by atoms with Crippen LogP contribution in [-0.4, -0.2) is 31.9 Å². The number of ether oxygens (including phenoxy) is 3. The molecule has 2 aromatic carbocycles. The molecule has 0 spiro atoms. The third-order valence-corrected chi connectivity index (χ3v) is 3.98. The van der Waals surface area contributed by atoms with Crippen LogP contribution in [-0.2, 0) is 0 Å². The highest BCUT2D eigenvalue weighted by Crippen LogP contribution is 2.28. The molecule has 0 atom stereocenters. The molecule has 1 aromatic heterocycles. The molecule has 0 aliphatic carbocycles. The lowest BCUT2D eigenvalue weighted by atomic mass is 10.2. The number of benzene rings is 2. The van der Waals surface area contributed by atoms with Crippen molar-refractivity contribution in [2.45, 2.75) is 13.8 Å². The molecule has 1 N–H and O–H groups in total. The van der Waals surface area contributed by atoms with Crippen LogP contribution in [0.25, 0.3) is 11.0 Å². The topological polar surface area (TPSA) is 82.3 Å². The maximum absolute atomic E-state index is 12.3. The van der Waals surface area contributed by atoms with Crippen LogP contribution >= 0.6 is 0 Å². The summed E-state index contributed by atoms with van der Waals surface area (Å²) in [6.07, 6.45) is 6.73. The standard InChI is InChI=1S/C23H22N2O5/c1-4-11-29-20-9-7-16(12-21(20)28-6-3)15-24-25-23(26)22-14-17-13-18(27-5-2)8-10-19(17)30-22/h1,7-10,12-15H,5-6,11H2,2-3H3,(H,25,26). The Morgan fingerprint density at radius 1 is 1.10 bits per heavy atom. The summed E-state index contributed by atoms with van der Waals surface area (Å²) in [6.45, 7) is 4.96. The van der Waals surface area contributed by atoms with Gasteiger partial charge in [-0.05, 0) is 61.9 Å². The quantitative estimate of drug-likeness (QED) is 0.330. The van der Waals surface area contributed by atoms with E-state index in [0.29, 0.717) is 30.3 Å². The van der Waals surface area contributed by atoms with Crippen molar-refractivity contribution in [3.8, 4) is 29.6 Å². The Labute approximate surface area is 174 Å². The molecule has 7 heteroatoms. The molecular weight excluding hydrogens is 384 g/mol. The van der Waals surface area contributed by atoms with E-state index < -0.39 is 5.91 Å². The molecular formula is C23H22N2O5. The first-order valence-electron chi connectivity index (χ1n) is 9.47. The Morgan fingerprint density at radius 2 is 1.93 bits per heavy atom. The number of nitrogens with one attached hydrogen (secondary N) is 1. The van der Waals surface area contributed by atoms with Crippen molar-refractivity contribution in [2.75, 3.05) is 19.8 Å². The predicted molar refractivity (Wildman–Crippen MR) is 114 cm³/mol. The Hall–Kier alpha value is -3.92. The summed E-state index contributed by atoms with van der Waals surface area (Å²) in [7, 11) is 0. The Kier molecular flexibility index (Phi) is 6.95. The van der Waals surface area contributed by atoms with Gasteiger partial charge in [0.25, 0.3) is 0 Å². The summed E-state index contributed by atoms with van der Waals surface area (Å²) < 4.78 is 22.1. The lowest BCUT2D eigenvalue weighted by molar-refractivity contribution is 0.0929. The summed E-state index contributed by atoms with van der Waals surface area (Å²) in [5.41, 5.74) is 3.77. The second kappa shape index (κ2) is 10.0. The van der Waals surface area contributed by atoms with E-state index in [9.17, 15) is 4.79 Å². The molecule has 0 unspecified atom stereocenters. The van der Waals surface area contributed by atoms with Crippen LogP contribution in [0.4, 0.5) is 0 Å². The molecule has 0 aliphatic rings. The highest BCUT2D eigenvalue weighted by molar-refractivity contribution is 5.96. The summed E-state index contributed by atoms with van der Waals surface area (Å²) in [5.74, 6) is 3.92. The number of furan rings is 1.